The van der Waals surface area contributed by atoms with Crippen LogP contribution in [-0.4, -0.2) is 43.7 Å². The summed E-state index contributed by atoms with van der Waals surface area (Å²) in [6, 6.07) is 7.97. The van der Waals surface area contributed by atoms with Crippen molar-refractivity contribution in [2.45, 2.75) is 25.5 Å². The highest BCUT2D eigenvalue weighted by atomic mass is 19.1. The van der Waals surface area contributed by atoms with Gasteiger partial charge in [-0.2, -0.15) is 9.97 Å². The highest BCUT2D eigenvalue weighted by Crippen LogP contribution is 2.29. The van der Waals surface area contributed by atoms with E-state index in [1.165, 1.54) is 12.1 Å². The second kappa shape index (κ2) is 7.59. The van der Waals surface area contributed by atoms with Crippen molar-refractivity contribution in [2.75, 3.05) is 28.6 Å². The molecule has 3 heterocycles. The van der Waals surface area contributed by atoms with Crippen LogP contribution < -0.4 is 15.5 Å². The van der Waals surface area contributed by atoms with Crippen molar-refractivity contribution in [2.24, 2.45) is 0 Å². The Kier molecular flexibility index (Phi) is 4.98. The molecule has 1 atom stereocenters. The molecular formula is C20H22FN7O. The van der Waals surface area contributed by atoms with Crippen molar-refractivity contribution in [3.8, 4) is 0 Å². The summed E-state index contributed by atoms with van der Waals surface area (Å²) in [5.41, 5.74) is 0.189. The molecule has 1 aliphatic rings. The van der Waals surface area contributed by atoms with E-state index in [1.807, 2.05) is 11.8 Å². The van der Waals surface area contributed by atoms with E-state index >= 15 is 0 Å². The normalized spacial score (nSPS) is 16.1. The maximum absolute atomic E-state index is 13.2. The molecule has 1 fully saturated rings. The number of hydrogen-bond donors (Lipinski definition) is 3. The van der Waals surface area contributed by atoms with Crippen LogP contribution >= 0.6 is 0 Å². The first kappa shape index (κ1) is 19.0. The van der Waals surface area contributed by atoms with Crippen LogP contribution in [0.1, 0.15) is 25.5 Å². The highest BCUT2D eigenvalue weighted by molar-refractivity contribution is 5.60. The Bertz CT molecular complexity index is 974. The second-order valence-corrected chi connectivity index (χ2v) is 7.42. The number of hydrogen-bond acceptors (Lipinski definition) is 8. The van der Waals surface area contributed by atoms with Crippen LogP contribution in [0, 0.1) is 5.82 Å². The summed E-state index contributed by atoms with van der Waals surface area (Å²) in [7, 11) is 0. The van der Waals surface area contributed by atoms with Crippen LogP contribution in [0.3, 0.4) is 0 Å². The van der Waals surface area contributed by atoms with Gasteiger partial charge in [0.15, 0.2) is 0 Å². The lowest BCUT2D eigenvalue weighted by Gasteiger charge is -2.45. The number of aromatic nitrogens is 4. The van der Waals surface area contributed by atoms with Gasteiger partial charge < -0.3 is 20.6 Å². The van der Waals surface area contributed by atoms with Crippen molar-refractivity contribution >= 4 is 23.4 Å². The summed E-state index contributed by atoms with van der Waals surface area (Å²) in [5.74, 6) is 1.93. The number of nitrogens with one attached hydrogen (secondary N) is 2. The fourth-order valence-electron chi connectivity index (χ4n) is 3.19. The summed E-state index contributed by atoms with van der Waals surface area (Å²) in [4.78, 5) is 19.3. The molecule has 0 bridgehead atoms. The maximum atomic E-state index is 13.2. The summed E-state index contributed by atoms with van der Waals surface area (Å²) >= 11 is 0. The van der Waals surface area contributed by atoms with Gasteiger partial charge in [0.05, 0.1) is 17.8 Å². The predicted molar refractivity (Wildman–Crippen MR) is 109 cm³/mol. The molecule has 1 unspecified atom stereocenters. The van der Waals surface area contributed by atoms with Crippen LogP contribution in [0.5, 0.6) is 0 Å². The molecule has 3 N–H and O–H groups in total. The van der Waals surface area contributed by atoms with Gasteiger partial charge in [-0.05, 0) is 31.5 Å². The molecule has 4 rings (SSSR count). The molecule has 1 saturated heterocycles. The van der Waals surface area contributed by atoms with E-state index in [0.29, 0.717) is 36.5 Å². The third-order valence-electron chi connectivity index (χ3n) is 4.63. The number of β-amino-alcohol motifs (C(OH)–C–C–N with tert-alkyl or cyclic N) is 1. The van der Waals surface area contributed by atoms with Gasteiger partial charge in [-0.15, -0.1) is 0 Å². The zero-order valence-electron chi connectivity index (χ0n) is 16.2. The number of nitrogens with zero attached hydrogens (tertiary/aromatic N) is 5. The largest absolute Gasteiger partial charge is 0.386 e. The van der Waals surface area contributed by atoms with Gasteiger partial charge in [-0.3, -0.25) is 4.98 Å². The number of benzene rings is 1. The molecule has 0 aliphatic carbocycles. The van der Waals surface area contributed by atoms with E-state index in [1.54, 1.807) is 43.7 Å². The lowest BCUT2D eigenvalue weighted by molar-refractivity contribution is 0.0305. The quantitative estimate of drug-likeness (QED) is 0.586. The molecule has 0 radical (unpaired) electrons. The van der Waals surface area contributed by atoms with E-state index in [2.05, 4.69) is 30.6 Å². The van der Waals surface area contributed by atoms with Crippen molar-refractivity contribution in [3.05, 3.63) is 60.3 Å². The maximum Gasteiger partial charge on any atom is 0.227 e. The lowest BCUT2D eigenvalue weighted by Crippen LogP contribution is -2.60. The van der Waals surface area contributed by atoms with Crippen molar-refractivity contribution in [3.63, 3.8) is 0 Å². The van der Waals surface area contributed by atoms with E-state index in [4.69, 9.17) is 0 Å². The average Bonchev–Trinajstić information content (AvgIpc) is 2.67. The number of aliphatic hydroxyl groups is 1. The molecule has 0 spiro atoms. The highest BCUT2D eigenvalue weighted by Gasteiger charge is 2.37. The molecule has 1 aliphatic heterocycles. The van der Waals surface area contributed by atoms with Gasteiger partial charge in [0, 0.05) is 31.5 Å². The minimum absolute atomic E-state index is 0.130. The Balaban J connectivity index is 1.59. The summed E-state index contributed by atoms with van der Waals surface area (Å²) < 4.78 is 13.2. The zero-order valence-corrected chi connectivity index (χ0v) is 16.2. The standard InChI is InChI=1S/C20H22FN7O/c1-13(14-3-5-15(21)6-4-14)24-19-26-16(25-17-10-22-7-8-23-17)9-18(27-19)28-11-20(2,29)12-28/h3-10,13,29H,11-12H2,1-2H3,(H2,23,24,25,26,27). The predicted octanol–water partition coefficient (Wildman–Crippen LogP) is 2.89. The van der Waals surface area contributed by atoms with Crippen LogP contribution in [0.4, 0.5) is 27.8 Å². The minimum atomic E-state index is -0.724. The topological polar surface area (TPSA) is 99.1 Å². The molecular weight excluding hydrogens is 373 g/mol. The summed E-state index contributed by atoms with van der Waals surface area (Å²) in [5, 5.41) is 16.5. The smallest absolute Gasteiger partial charge is 0.227 e. The SMILES string of the molecule is CC(Nc1nc(Nc2cnccn2)cc(N2CC(C)(O)C2)n1)c1ccc(F)cc1. The van der Waals surface area contributed by atoms with Gasteiger partial charge >= 0.3 is 0 Å². The third kappa shape index (κ3) is 4.57. The number of halogens is 1. The zero-order chi connectivity index (χ0) is 20.4. The van der Waals surface area contributed by atoms with Crippen LogP contribution in [0.2, 0.25) is 0 Å². The first-order valence-corrected chi connectivity index (χ1v) is 9.29. The monoisotopic (exact) mass is 395 g/mol. The van der Waals surface area contributed by atoms with E-state index in [-0.39, 0.29) is 11.9 Å². The number of anilines is 4. The van der Waals surface area contributed by atoms with Crippen LogP contribution in [0.15, 0.2) is 48.9 Å². The van der Waals surface area contributed by atoms with Gasteiger partial charge in [-0.1, -0.05) is 12.1 Å². The van der Waals surface area contributed by atoms with Crippen molar-refractivity contribution in [1.29, 1.82) is 0 Å². The Labute approximate surface area is 167 Å². The van der Waals surface area contributed by atoms with E-state index < -0.39 is 5.60 Å². The average molecular weight is 395 g/mol. The Morgan fingerprint density at radius 1 is 1.14 bits per heavy atom. The molecule has 0 amide bonds. The van der Waals surface area contributed by atoms with Crippen LogP contribution in [0.25, 0.3) is 0 Å². The molecule has 9 heteroatoms. The fraction of sp³-hybridized carbons (Fsp3) is 0.300. The van der Waals surface area contributed by atoms with Gasteiger partial charge in [0.1, 0.15) is 23.3 Å². The molecule has 0 saturated carbocycles. The van der Waals surface area contributed by atoms with Crippen molar-refractivity contribution in [1.82, 2.24) is 19.9 Å². The Morgan fingerprint density at radius 2 is 1.90 bits per heavy atom. The fourth-order valence-corrected chi connectivity index (χ4v) is 3.19. The van der Waals surface area contributed by atoms with Gasteiger partial charge in [0.2, 0.25) is 5.95 Å². The summed E-state index contributed by atoms with van der Waals surface area (Å²) in [6.07, 6.45) is 4.79. The molecule has 29 heavy (non-hydrogen) atoms. The first-order valence-electron chi connectivity index (χ1n) is 9.29. The first-order chi connectivity index (χ1) is 13.9. The molecule has 3 aromatic rings. The van der Waals surface area contributed by atoms with Crippen molar-refractivity contribution < 1.29 is 9.50 Å². The lowest BCUT2D eigenvalue weighted by atomic mass is 9.97. The summed E-state index contributed by atoms with van der Waals surface area (Å²) in [6.45, 7) is 4.72. The van der Waals surface area contributed by atoms with Gasteiger partial charge in [-0.25, -0.2) is 9.37 Å². The Morgan fingerprint density at radius 3 is 2.55 bits per heavy atom. The third-order valence-corrected chi connectivity index (χ3v) is 4.63. The van der Waals surface area contributed by atoms with Crippen LogP contribution in [-0.2, 0) is 0 Å². The van der Waals surface area contributed by atoms with Gasteiger partial charge in [0.25, 0.3) is 0 Å². The second-order valence-electron chi connectivity index (χ2n) is 7.42. The molecule has 1 aromatic carbocycles. The van der Waals surface area contributed by atoms with E-state index in [0.717, 1.165) is 5.56 Å². The minimum Gasteiger partial charge on any atom is -0.386 e. The van der Waals surface area contributed by atoms with E-state index in [9.17, 15) is 9.50 Å². The molecule has 150 valence electrons. The molecule has 2 aromatic heterocycles. The Hall–Kier alpha value is -3.33. The number of rotatable bonds is 6. The molecule has 8 nitrogen and oxygen atoms in total.